The highest BCUT2D eigenvalue weighted by Crippen LogP contribution is 2.20. The van der Waals surface area contributed by atoms with Crippen molar-refractivity contribution in [3.8, 4) is 12.3 Å². The average molecular weight is 231 g/mol. The monoisotopic (exact) mass is 231 g/mol. The summed E-state index contributed by atoms with van der Waals surface area (Å²) in [7, 11) is 0. The number of rotatable bonds is 2. The van der Waals surface area contributed by atoms with E-state index in [1.165, 1.54) is 12.1 Å². The lowest BCUT2D eigenvalue weighted by atomic mass is 10.1. The normalized spacial score (nSPS) is 19.5. The maximum Gasteiger partial charge on any atom is 0.224 e. The summed E-state index contributed by atoms with van der Waals surface area (Å²) in [5.41, 5.74) is 1.67. The number of nitrogens with zero attached hydrogens (tertiary/aromatic N) is 1. The van der Waals surface area contributed by atoms with Gasteiger partial charge in [-0.05, 0) is 30.2 Å². The molecular weight excluding hydrogens is 217 g/mol. The SMILES string of the molecule is C#CC1CC(=O)N(Cc2cc(C)cc(F)c2)C1. The molecule has 0 radical (unpaired) electrons. The van der Waals surface area contributed by atoms with Gasteiger partial charge in [-0.25, -0.2) is 4.39 Å². The highest BCUT2D eigenvalue weighted by Gasteiger charge is 2.28. The number of halogens is 1. The maximum atomic E-state index is 13.2. The van der Waals surface area contributed by atoms with Crippen LogP contribution < -0.4 is 0 Å². The van der Waals surface area contributed by atoms with E-state index in [-0.39, 0.29) is 17.6 Å². The van der Waals surface area contributed by atoms with Crippen LogP contribution in [0.15, 0.2) is 18.2 Å². The Bertz CT molecular complexity index is 469. The molecule has 1 saturated heterocycles. The minimum absolute atomic E-state index is 0.00263. The molecule has 0 spiro atoms. The average Bonchev–Trinajstić information content (AvgIpc) is 2.58. The Morgan fingerprint density at radius 1 is 1.53 bits per heavy atom. The zero-order chi connectivity index (χ0) is 12.4. The van der Waals surface area contributed by atoms with Gasteiger partial charge in [0, 0.05) is 25.4 Å². The summed E-state index contributed by atoms with van der Waals surface area (Å²) in [4.78, 5) is 13.3. The Balaban J connectivity index is 2.11. The van der Waals surface area contributed by atoms with Crippen LogP contribution in [0.25, 0.3) is 0 Å². The molecule has 17 heavy (non-hydrogen) atoms. The number of terminal acetylenes is 1. The molecule has 1 aromatic carbocycles. The van der Waals surface area contributed by atoms with Gasteiger partial charge >= 0.3 is 0 Å². The van der Waals surface area contributed by atoms with Crippen LogP contribution >= 0.6 is 0 Å². The zero-order valence-electron chi connectivity index (χ0n) is 9.74. The fourth-order valence-corrected chi connectivity index (χ4v) is 2.16. The van der Waals surface area contributed by atoms with Crippen molar-refractivity contribution < 1.29 is 9.18 Å². The number of likely N-dealkylation sites (tertiary alicyclic amines) is 1. The molecule has 1 aliphatic rings. The van der Waals surface area contributed by atoms with Gasteiger partial charge in [-0.15, -0.1) is 12.3 Å². The van der Waals surface area contributed by atoms with Crippen LogP contribution in [0.2, 0.25) is 0 Å². The molecule has 88 valence electrons. The Morgan fingerprint density at radius 2 is 2.29 bits per heavy atom. The van der Waals surface area contributed by atoms with Crippen molar-refractivity contribution in [3.05, 3.63) is 35.1 Å². The van der Waals surface area contributed by atoms with Crippen molar-refractivity contribution in [3.63, 3.8) is 0 Å². The second kappa shape index (κ2) is 4.58. The molecule has 0 aromatic heterocycles. The van der Waals surface area contributed by atoms with Gasteiger partial charge in [-0.3, -0.25) is 4.79 Å². The Morgan fingerprint density at radius 3 is 2.88 bits per heavy atom. The molecule has 0 saturated carbocycles. The van der Waals surface area contributed by atoms with Crippen molar-refractivity contribution in [1.29, 1.82) is 0 Å². The molecule has 1 heterocycles. The molecule has 0 aliphatic carbocycles. The van der Waals surface area contributed by atoms with E-state index in [9.17, 15) is 9.18 Å². The molecule has 1 atom stereocenters. The van der Waals surface area contributed by atoms with Gasteiger partial charge in [0.2, 0.25) is 5.91 Å². The molecule has 1 amide bonds. The Kier molecular flexibility index (Phi) is 3.14. The molecule has 0 bridgehead atoms. The van der Waals surface area contributed by atoms with Crippen LogP contribution in [0.1, 0.15) is 17.5 Å². The highest BCUT2D eigenvalue weighted by molar-refractivity contribution is 5.79. The van der Waals surface area contributed by atoms with Crippen molar-refractivity contribution in [1.82, 2.24) is 4.90 Å². The summed E-state index contributed by atoms with van der Waals surface area (Å²) < 4.78 is 13.2. The minimum atomic E-state index is -0.264. The van der Waals surface area contributed by atoms with Crippen molar-refractivity contribution in [2.75, 3.05) is 6.54 Å². The first-order valence-corrected chi connectivity index (χ1v) is 5.58. The lowest BCUT2D eigenvalue weighted by molar-refractivity contribution is -0.128. The molecule has 2 rings (SSSR count). The summed E-state index contributed by atoms with van der Waals surface area (Å²) in [5.74, 6) is 2.38. The van der Waals surface area contributed by atoms with E-state index in [2.05, 4.69) is 5.92 Å². The Labute approximate surface area is 100 Å². The summed E-state index contributed by atoms with van der Waals surface area (Å²) in [6, 6.07) is 4.82. The van der Waals surface area contributed by atoms with Crippen LogP contribution in [0.3, 0.4) is 0 Å². The van der Waals surface area contributed by atoms with Gasteiger partial charge in [0.25, 0.3) is 0 Å². The van der Waals surface area contributed by atoms with Crippen molar-refractivity contribution in [2.24, 2.45) is 5.92 Å². The smallest absolute Gasteiger partial charge is 0.224 e. The van der Waals surface area contributed by atoms with Crippen LogP contribution in [0, 0.1) is 31.0 Å². The predicted molar refractivity (Wildman–Crippen MR) is 63.5 cm³/mol. The predicted octanol–water partition coefficient (Wildman–Crippen LogP) is 2.12. The fourth-order valence-electron chi connectivity index (χ4n) is 2.16. The second-order valence-corrected chi connectivity index (χ2v) is 4.48. The number of amides is 1. The lowest BCUT2D eigenvalue weighted by Gasteiger charge is -2.16. The molecule has 0 N–H and O–H groups in total. The first kappa shape index (κ1) is 11.7. The third-order valence-corrected chi connectivity index (χ3v) is 2.93. The fraction of sp³-hybridized carbons (Fsp3) is 0.357. The topological polar surface area (TPSA) is 20.3 Å². The molecule has 2 nitrogen and oxygen atoms in total. The summed E-state index contributed by atoms with van der Waals surface area (Å²) in [6.07, 6.45) is 5.72. The first-order chi connectivity index (χ1) is 8.08. The second-order valence-electron chi connectivity index (χ2n) is 4.48. The largest absolute Gasteiger partial charge is 0.337 e. The first-order valence-electron chi connectivity index (χ1n) is 5.58. The van der Waals surface area contributed by atoms with Gasteiger partial charge in [-0.2, -0.15) is 0 Å². The number of hydrogen-bond acceptors (Lipinski definition) is 1. The number of carbonyl (C=O) groups is 1. The summed E-state index contributed by atoms with van der Waals surface area (Å²) in [6.45, 7) is 2.85. The molecule has 1 unspecified atom stereocenters. The summed E-state index contributed by atoms with van der Waals surface area (Å²) in [5, 5.41) is 0. The van der Waals surface area contributed by atoms with E-state index in [4.69, 9.17) is 6.42 Å². The standard InChI is InChI=1S/C14H14FNO/c1-3-11-7-14(17)16(8-11)9-12-4-10(2)5-13(15)6-12/h1,4-6,11H,7-9H2,2H3. The summed E-state index contributed by atoms with van der Waals surface area (Å²) >= 11 is 0. The molecule has 1 aromatic rings. The lowest BCUT2D eigenvalue weighted by Crippen LogP contribution is -2.24. The van der Waals surface area contributed by atoms with Crippen molar-refractivity contribution in [2.45, 2.75) is 19.9 Å². The van der Waals surface area contributed by atoms with Gasteiger partial charge in [-0.1, -0.05) is 6.07 Å². The van der Waals surface area contributed by atoms with E-state index < -0.39 is 0 Å². The van der Waals surface area contributed by atoms with Gasteiger partial charge in [0.1, 0.15) is 5.82 Å². The molecule has 1 fully saturated rings. The van der Waals surface area contributed by atoms with Crippen LogP contribution in [-0.4, -0.2) is 17.4 Å². The van der Waals surface area contributed by atoms with E-state index in [1.54, 1.807) is 4.90 Å². The number of benzene rings is 1. The van der Waals surface area contributed by atoms with Gasteiger partial charge in [0.05, 0.1) is 0 Å². The zero-order valence-corrected chi connectivity index (χ0v) is 9.74. The van der Waals surface area contributed by atoms with Gasteiger partial charge < -0.3 is 4.90 Å². The van der Waals surface area contributed by atoms with E-state index >= 15 is 0 Å². The van der Waals surface area contributed by atoms with Gasteiger partial charge in [0.15, 0.2) is 0 Å². The van der Waals surface area contributed by atoms with Crippen molar-refractivity contribution >= 4 is 5.91 Å². The highest BCUT2D eigenvalue weighted by atomic mass is 19.1. The quantitative estimate of drug-likeness (QED) is 0.714. The van der Waals surface area contributed by atoms with Crippen LogP contribution in [-0.2, 0) is 11.3 Å². The maximum absolute atomic E-state index is 13.2. The third kappa shape index (κ3) is 2.65. The number of carbonyl (C=O) groups excluding carboxylic acids is 1. The van der Waals surface area contributed by atoms with E-state index in [1.807, 2.05) is 13.0 Å². The Hall–Kier alpha value is -1.82. The third-order valence-electron chi connectivity index (χ3n) is 2.93. The number of hydrogen-bond donors (Lipinski definition) is 0. The number of aryl methyl sites for hydroxylation is 1. The minimum Gasteiger partial charge on any atom is -0.337 e. The molecule has 3 heteroatoms. The van der Waals surface area contributed by atoms with Crippen LogP contribution in [0.4, 0.5) is 4.39 Å². The van der Waals surface area contributed by atoms with E-state index in [0.717, 1.165) is 11.1 Å². The molecular formula is C14H14FNO. The van der Waals surface area contributed by atoms with E-state index in [0.29, 0.717) is 19.5 Å². The molecule has 1 aliphatic heterocycles. The van der Waals surface area contributed by atoms with Crippen LogP contribution in [0.5, 0.6) is 0 Å².